The van der Waals surface area contributed by atoms with Gasteiger partial charge in [0.15, 0.2) is 0 Å². The number of anilines is 2. The summed E-state index contributed by atoms with van der Waals surface area (Å²) in [6.45, 7) is 0. The number of nitrogens with zero attached hydrogens (tertiary/aromatic N) is 2. The molecule has 0 aromatic heterocycles. The van der Waals surface area contributed by atoms with Crippen molar-refractivity contribution in [3.05, 3.63) is 203 Å². The van der Waals surface area contributed by atoms with Gasteiger partial charge in [-0.3, -0.25) is 0 Å². The average molecular weight is 663 g/mol. The number of rotatable bonds is 11. The number of hydrogen-bond donors (Lipinski definition) is 0. The Morgan fingerprint density at radius 2 is 0.902 bits per heavy atom. The lowest BCUT2D eigenvalue weighted by molar-refractivity contribution is 0.414. The average Bonchev–Trinajstić information content (AvgIpc) is 3.21. The molecule has 51 heavy (non-hydrogen) atoms. The van der Waals surface area contributed by atoms with E-state index in [1.807, 2.05) is 36.4 Å². The van der Waals surface area contributed by atoms with E-state index in [4.69, 9.17) is 14.6 Å². The Hall–Kier alpha value is -6.65. The first-order valence-electron chi connectivity index (χ1n) is 16.9. The van der Waals surface area contributed by atoms with E-state index in [-0.39, 0.29) is 0 Å². The second-order valence-corrected chi connectivity index (χ2v) is 12.0. The highest BCUT2D eigenvalue weighted by Crippen LogP contribution is 2.36. The Bertz CT molecular complexity index is 2250. The topological polar surface area (TPSA) is 34.1 Å². The quantitative estimate of drug-likeness (QED) is 0.0785. The van der Waals surface area contributed by atoms with Crippen LogP contribution in [0.4, 0.5) is 11.4 Å². The van der Waals surface area contributed by atoms with E-state index in [0.29, 0.717) is 0 Å². The molecule has 0 heterocycles. The van der Waals surface area contributed by atoms with Crippen LogP contribution >= 0.6 is 0 Å². The number of hydrazone groups is 1. The van der Waals surface area contributed by atoms with E-state index in [9.17, 15) is 0 Å². The fraction of sp³-hybridized carbons (Fsp3) is 0.0426. The van der Waals surface area contributed by atoms with Crippen molar-refractivity contribution in [2.75, 3.05) is 19.2 Å². The summed E-state index contributed by atoms with van der Waals surface area (Å²) in [5, 5.41) is 9.79. The number of benzene rings is 7. The number of ether oxygens (including phenoxy) is 2. The van der Waals surface area contributed by atoms with Gasteiger partial charge in [-0.1, -0.05) is 152 Å². The van der Waals surface area contributed by atoms with Gasteiger partial charge < -0.3 is 9.47 Å². The predicted octanol–water partition coefficient (Wildman–Crippen LogP) is 11.8. The zero-order valence-corrected chi connectivity index (χ0v) is 28.7. The summed E-state index contributed by atoms with van der Waals surface area (Å²) in [4.78, 5) is 0. The molecule has 4 nitrogen and oxygen atoms in total. The molecule has 0 fully saturated rings. The van der Waals surface area contributed by atoms with Gasteiger partial charge in [0.25, 0.3) is 0 Å². The van der Waals surface area contributed by atoms with Crippen LogP contribution in [0.25, 0.3) is 35.1 Å². The second-order valence-electron chi connectivity index (χ2n) is 12.0. The Labute approximate surface area is 299 Å². The number of fused-ring (bicyclic) bond motifs is 1. The van der Waals surface area contributed by atoms with Crippen molar-refractivity contribution in [2.45, 2.75) is 0 Å². The van der Waals surface area contributed by atoms with Gasteiger partial charge in [0.1, 0.15) is 11.5 Å². The van der Waals surface area contributed by atoms with Crippen molar-refractivity contribution < 1.29 is 9.47 Å². The van der Waals surface area contributed by atoms with Crippen molar-refractivity contribution in [3.63, 3.8) is 0 Å². The fourth-order valence-corrected chi connectivity index (χ4v) is 6.00. The van der Waals surface area contributed by atoms with Crippen LogP contribution in [0.15, 0.2) is 175 Å². The van der Waals surface area contributed by atoms with Crippen molar-refractivity contribution in [3.8, 4) is 11.5 Å². The van der Waals surface area contributed by atoms with E-state index >= 15 is 0 Å². The minimum absolute atomic E-state index is 0.842. The van der Waals surface area contributed by atoms with Gasteiger partial charge in [0, 0.05) is 16.5 Å². The molecule has 0 N–H and O–H groups in total. The highest BCUT2D eigenvalue weighted by Gasteiger charge is 2.17. The lowest BCUT2D eigenvalue weighted by Crippen LogP contribution is -2.15. The van der Waals surface area contributed by atoms with Crippen LogP contribution in [0.3, 0.4) is 0 Å². The molecular formula is C47H38N2O2. The van der Waals surface area contributed by atoms with Crippen molar-refractivity contribution in [1.82, 2.24) is 0 Å². The molecule has 0 bridgehead atoms. The van der Waals surface area contributed by atoms with Crippen molar-refractivity contribution in [2.24, 2.45) is 5.10 Å². The molecule has 0 aliphatic rings. The van der Waals surface area contributed by atoms with Crippen molar-refractivity contribution >= 4 is 52.2 Å². The van der Waals surface area contributed by atoms with Gasteiger partial charge in [-0.05, 0) is 70.1 Å². The molecule has 7 aromatic carbocycles. The minimum atomic E-state index is 0.842. The van der Waals surface area contributed by atoms with Gasteiger partial charge in [0.05, 0.1) is 31.3 Å². The van der Waals surface area contributed by atoms with Crippen LogP contribution < -0.4 is 14.5 Å². The Morgan fingerprint density at radius 3 is 1.41 bits per heavy atom. The van der Waals surface area contributed by atoms with Gasteiger partial charge in [-0.2, -0.15) is 5.10 Å². The molecule has 0 aliphatic carbocycles. The fourth-order valence-electron chi connectivity index (χ4n) is 6.00. The van der Waals surface area contributed by atoms with Crippen LogP contribution in [-0.4, -0.2) is 19.9 Å². The molecule has 7 rings (SSSR count). The zero-order valence-electron chi connectivity index (χ0n) is 28.7. The normalized spacial score (nSPS) is 11.2. The maximum absolute atomic E-state index is 5.48. The molecule has 0 radical (unpaired) electrons. The summed E-state index contributed by atoms with van der Waals surface area (Å²) < 4.78 is 10.7. The number of methoxy groups -OCH3 is 2. The smallest absolute Gasteiger partial charge is 0.118 e. The van der Waals surface area contributed by atoms with Crippen LogP contribution in [-0.2, 0) is 0 Å². The van der Waals surface area contributed by atoms with Gasteiger partial charge >= 0.3 is 0 Å². The summed E-state index contributed by atoms with van der Waals surface area (Å²) >= 11 is 0. The first-order chi connectivity index (χ1) is 25.2. The largest absolute Gasteiger partial charge is 0.497 e. The van der Waals surface area contributed by atoms with E-state index in [2.05, 4.69) is 163 Å². The van der Waals surface area contributed by atoms with E-state index < -0.39 is 0 Å². The summed E-state index contributed by atoms with van der Waals surface area (Å²) in [5.74, 6) is 1.69. The maximum atomic E-state index is 5.48. The molecule has 0 spiro atoms. The Kier molecular flexibility index (Phi) is 10.1. The molecular weight excluding hydrogens is 625 g/mol. The van der Waals surface area contributed by atoms with E-state index in [1.54, 1.807) is 14.2 Å². The molecule has 0 atom stereocenters. The molecule has 0 unspecified atom stereocenters. The first-order valence-corrected chi connectivity index (χ1v) is 16.9. The van der Waals surface area contributed by atoms with Gasteiger partial charge in [-0.15, -0.1) is 0 Å². The lowest BCUT2D eigenvalue weighted by Gasteiger charge is -2.24. The Morgan fingerprint density at radius 1 is 0.451 bits per heavy atom. The summed E-state index contributed by atoms with van der Waals surface area (Å²) in [6.07, 6.45) is 8.54. The standard InChI is InChI=1S/C47H38N2O2/c1-50-42-30-22-36(23-31-42)18-17-35-20-28-41(29-21-35)49(48-47(39-11-5-3-6-12-39)40-13-7-4-8-14-40)46-34-27-38(44-15-9-10-16-45(44)46)26-19-37-24-32-43(51-2)33-25-37/h3-34H,1-2H3/b18-17+,26-19+. The first kappa shape index (κ1) is 32.9. The molecule has 0 amide bonds. The summed E-state index contributed by atoms with van der Waals surface area (Å²) in [7, 11) is 3.37. The number of hydrogen-bond acceptors (Lipinski definition) is 4. The van der Waals surface area contributed by atoms with Crippen LogP contribution in [0.1, 0.15) is 33.4 Å². The summed E-state index contributed by atoms with van der Waals surface area (Å²) in [5.41, 5.74) is 9.32. The third-order valence-corrected chi connectivity index (χ3v) is 8.75. The van der Waals surface area contributed by atoms with Crippen LogP contribution in [0.2, 0.25) is 0 Å². The zero-order chi connectivity index (χ0) is 34.8. The summed E-state index contributed by atoms with van der Waals surface area (Å²) in [6, 6.07) is 58.3. The minimum Gasteiger partial charge on any atom is -0.497 e. The maximum Gasteiger partial charge on any atom is 0.118 e. The van der Waals surface area contributed by atoms with Gasteiger partial charge in [-0.25, -0.2) is 5.01 Å². The van der Waals surface area contributed by atoms with E-state index in [0.717, 1.165) is 72.7 Å². The molecule has 0 aliphatic heterocycles. The molecule has 4 heteroatoms. The third kappa shape index (κ3) is 7.82. The monoisotopic (exact) mass is 662 g/mol. The Balaban J connectivity index is 1.33. The lowest BCUT2D eigenvalue weighted by atomic mass is 10.0. The highest BCUT2D eigenvalue weighted by molar-refractivity contribution is 6.14. The van der Waals surface area contributed by atoms with Crippen LogP contribution in [0.5, 0.6) is 11.5 Å². The molecule has 0 saturated carbocycles. The highest BCUT2D eigenvalue weighted by atomic mass is 16.5. The second kappa shape index (κ2) is 15.7. The van der Waals surface area contributed by atoms with Gasteiger partial charge in [0.2, 0.25) is 0 Å². The molecule has 248 valence electrons. The molecule has 0 saturated heterocycles. The third-order valence-electron chi connectivity index (χ3n) is 8.75. The van der Waals surface area contributed by atoms with Crippen molar-refractivity contribution in [1.29, 1.82) is 0 Å². The molecule has 7 aromatic rings. The van der Waals surface area contributed by atoms with E-state index in [1.165, 1.54) is 0 Å². The van der Waals surface area contributed by atoms with Crippen LogP contribution in [0, 0.1) is 0 Å². The predicted molar refractivity (Wildman–Crippen MR) is 215 cm³/mol. The SMILES string of the molecule is COc1ccc(/C=C/c2ccc(N(N=C(c3ccccc3)c3ccccc3)c3ccc(/C=C/c4ccc(OC)cc4)c4ccccc34)cc2)cc1.